The van der Waals surface area contributed by atoms with Crippen LogP contribution in [0.4, 0.5) is 4.39 Å². The van der Waals surface area contributed by atoms with Gasteiger partial charge in [0.05, 0.1) is 11.4 Å². The Labute approximate surface area is 218 Å². The molecule has 0 spiro atoms. The van der Waals surface area contributed by atoms with Crippen LogP contribution in [0.2, 0.25) is 0 Å². The molecule has 0 N–H and O–H groups in total. The number of hydrogen-bond acceptors (Lipinski definition) is 4. The van der Waals surface area contributed by atoms with Crippen LogP contribution in [0, 0.1) is 5.82 Å². The zero-order valence-corrected chi connectivity index (χ0v) is 20.2. The van der Waals surface area contributed by atoms with E-state index in [4.69, 9.17) is 14.4 Å². The van der Waals surface area contributed by atoms with Crippen molar-refractivity contribution >= 4 is 21.9 Å². The van der Waals surface area contributed by atoms with Crippen molar-refractivity contribution in [2.75, 3.05) is 0 Å². The second kappa shape index (κ2) is 9.05. The number of nitrogens with zero attached hydrogens (tertiary/aromatic N) is 3. The Hall–Kier alpha value is -5.16. The van der Waals surface area contributed by atoms with E-state index in [0.29, 0.717) is 5.82 Å². The van der Waals surface area contributed by atoms with E-state index in [0.717, 1.165) is 61.1 Å². The monoisotopic (exact) mass is 493 g/mol. The van der Waals surface area contributed by atoms with Gasteiger partial charge in [0.15, 0.2) is 5.82 Å². The summed E-state index contributed by atoms with van der Waals surface area (Å²) in [5.41, 5.74) is 7.93. The number of halogens is 1. The summed E-state index contributed by atoms with van der Waals surface area (Å²) in [4.78, 5) is 14.0. The fraction of sp³-hybridized carbons (Fsp3) is 0. The van der Waals surface area contributed by atoms with E-state index < -0.39 is 0 Å². The SMILES string of the molecule is Fc1ccc(-c2cc(-c3ccc4oc5ccccc5c4c3)nc(-c3ccc(-c4cccnc4)cc3)n2)cc1. The molecule has 0 fully saturated rings. The van der Waals surface area contributed by atoms with Crippen LogP contribution in [-0.2, 0) is 0 Å². The molecule has 4 aromatic carbocycles. The molecule has 0 radical (unpaired) electrons. The molecule has 38 heavy (non-hydrogen) atoms. The van der Waals surface area contributed by atoms with Crippen molar-refractivity contribution in [3.63, 3.8) is 0 Å². The van der Waals surface area contributed by atoms with Gasteiger partial charge < -0.3 is 4.42 Å². The number of para-hydroxylation sites is 1. The second-order valence-corrected chi connectivity index (χ2v) is 9.10. The van der Waals surface area contributed by atoms with E-state index in [-0.39, 0.29) is 5.82 Å². The highest BCUT2D eigenvalue weighted by molar-refractivity contribution is 6.06. The maximum atomic E-state index is 13.7. The minimum atomic E-state index is -0.286. The number of pyridine rings is 1. The van der Waals surface area contributed by atoms with Gasteiger partial charge in [0.2, 0.25) is 0 Å². The summed E-state index contributed by atoms with van der Waals surface area (Å²) in [7, 11) is 0. The molecule has 0 saturated heterocycles. The van der Waals surface area contributed by atoms with Crippen LogP contribution in [0.1, 0.15) is 0 Å². The Balaban J connectivity index is 1.38. The quantitative estimate of drug-likeness (QED) is 0.246. The Kier molecular flexibility index (Phi) is 5.26. The van der Waals surface area contributed by atoms with Gasteiger partial charge in [0.25, 0.3) is 0 Å². The first-order chi connectivity index (χ1) is 18.7. The standard InChI is InChI=1S/C33H20FN3O/c34-26-14-11-22(12-15-26)29-19-30(24-13-16-32-28(18-24)27-5-1-2-6-31(27)38-32)37-33(36-29)23-9-7-21(8-10-23)25-4-3-17-35-20-25/h1-20H. The van der Waals surface area contributed by atoms with Crippen molar-refractivity contribution in [3.05, 3.63) is 127 Å². The van der Waals surface area contributed by atoms with E-state index in [1.54, 1.807) is 18.3 Å². The number of rotatable bonds is 4. The van der Waals surface area contributed by atoms with Gasteiger partial charge >= 0.3 is 0 Å². The molecule has 7 aromatic rings. The number of aromatic nitrogens is 3. The highest BCUT2D eigenvalue weighted by atomic mass is 19.1. The topological polar surface area (TPSA) is 51.8 Å². The second-order valence-electron chi connectivity index (χ2n) is 9.10. The summed E-state index contributed by atoms with van der Waals surface area (Å²) in [5, 5.41) is 2.09. The van der Waals surface area contributed by atoms with E-state index in [1.807, 2.05) is 79.0 Å². The minimum Gasteiger partial charge on any atom is -0.456 e. The van der Waals surface area contributed by atoms with Crippen molar-refractivity contribution in [1.82, 2.24) is 15.0 Å². The van der Waals surface area contributed by atoms with Gasteiger partial charge in [0, 0.05) is 39.9 Å². The van der Waals surface area contributed by atoms with Gasteiger partial charge in [0.1, 0.15) is 17.0 Å². The highest BCUT2D eigenvalue weighted by Crippen LogP contribution is 2.34. The molecule has 0 aliphatic heterocycles. The first-order valence-electron chi connectivity index (χ1n) is 12.3. The normalized spacial score (nSPS) is 11.3. The summed E-state index contributed by atoms with van der Waals surface area (Å²) in [6.45, 7) is 0. The maximum absolute atomic E-state index is 13.7. The predicted octanol–water partition coefficient (Wildman–Crippen LogP) is 8.58. The third-order valence-electron chi connectivity index (χ3n) is 6.68. The third kappa shape index (κ3) is 4.00. The van der Waals surface area contributed by atoms with Crippen molar-refractivity contribution in [1.29, 1.82) is 0 Å². The van der Waals surface area contributed by atoms with E-state index in [2.05, 4.69) is 17.1 Å². The van der Waals surface area contributed by atoms with Crippen LogP contribution in [0.25, 0.3) is 67.0 Å². The van der Waals surface area contributed by atoms with Crippen LogP contribution >= 0.6 is 0 Å². The van der Waals surface area contributed by atoms with Gasteiger partial charge in [-0.25, -0.2) is 14.4 Å². The average molecular weight is 494 g/mol. The van der Waals surface area contributed by atoms with E-state index in [9.17, 15) is 4.39 Å². The number of benzene rings is 4. The number of furan rings is 1. The van der Waals surface area contributed by atoms with E-state index >= 15 is 0 Å². The first kappa shape index (κ1) is 22.1. The van der Waals surface area contributed by atoms with Crippen LogP contribution in [-0.4, -0.2) is 15.0 Å². The molecular weight excluding hydrogens is 473 g/mol. The molecule has 0 aliphatic rings. The lowest BCUT2D eigenvalue weighted by atomic mass is 10.0. The molecule has 7 rings (SSSR count). The van der Waals surface area contributed by atoms with Gasteiger partial charge in [-0.2, -0.15) is 0 Å². The highest BCUT2D eigenvalue weighted by Gasteiger charge is 2.13. The fourth-order valence-electron chi connectivity index (χ4n) is 4.72. The summed E-state index contributed by atoms with van der Waals surface area (Å²) < 4.78 is 19.7. The van der Waals surface area contributed by atoms with Crippen LogP contribution in [0.15, 0.2) is 126 Å². The lowest BCUT2D eigenvalue weighted by Gasteiger charge is -2.10. The van der Waals surface area contributed by atoms with Gasteiger partial charge in [-0.3, -0.25) is 4.98 Å². The number of hydrogen-bond donors (Lipinski definition) is 0. The van der Waals surface area contributed by atoms with Crippen LogP contribution in [0.5, 0.6) is 0 Å². The first-order valence-corrected chi connectivity index (χ1v) is 12.3. The molecule has 0 bridgehead atoms. The summed E-state index contributed by atoms with van der Waals surface area (Å²) in [6, 6.07) is 34.5. The zero-order valence-electron chi connectivity index (χ0n) is 20.2. The summed E-state index contributed by atoms with van der Waals surface area (Å²) >= 11 is 0. The molecule has 3 aromatic heterocycles. The molecule has 0 unspecified atom stereocenters. The molecule has 5 heteroatoms. The summed E-state index contributed by atoms with van der Waals surface area (Å²) in [5.74, 6) is 0.309. The molecule has 3 heterocycles. The molecule has 0 atom stereocenters. The zero-order chi connectivity index (χ0) is 25.5. The van der Waals surface area contributed by atoms with Crippen molar-refractivity contribution < 1.29 is 8.81 Å². The van der Waals surface area contributed by atoms with Crippen molar-refractivity contribution in [3.8, 4) is 45.0 Å². The maximum Gasteiger partial charge on any atom is 0.160 e. The lowest BCUT2D eigenvalue weighted by Crippen LogP contribution is -1.96. The minimum absolute atomic E-state index is 0.286. The average Bonchev–Trinajstić information content (AvgIpc) is 3.36. The molecule has 0 saturated carbocycles. The van der Waals surface area contributed by atoms with Gasteiger partial charge in [-0.1, -0.05) is 48.5 Å². The molecule has 0 aliphatic carbocycles. The van der Waals surface area contributed by atoms with Crippen molar-refractivity contribution in [2.24, 2.45) is 0 Å². The summed E-state index contributed by atoms with van der Waals surface area (Å²) in [6.07, 6.45) is 3.60. The van der Waals surface area contributed by atoms with Gasteiger partial charge in [-0.15, -0.1) is 0 Å². The van der Waals surface area contributed by atoms with Gasteiger partial charge in [-0.05, 0) is 71.8 Å². The Morgan fingerprint density at radius 3 is 2.00 bits per heavy atom. The van der Waals surface area contributed by atoms with Crippen LogP contribution in [0.3, 0.4) is 0 Å². The van der Waals surface area contributed by atoms with Crippen LogP contribution < -0.4 is 0 Å². The largest absolute Gasteiger partial charge is 0.456 e. The third-order valence-corrected chi connectivity index (χ3v) is 6.68. The Morgan fingerprint density at radius 2 is 1.21 bits per heavy atom. The molecule has 0 amide bonds. The van der Waals surface area contributed by atoms with E-state index in [1.165, 1.54) is 12.1 Å². The molecule has 4 nitrogen and oxygen atoms in total. The Morgan fingerprint density at radius 1 is 0.526 bits per heavy atom. The smallest absolute Gasteiger partial charge is 0.160 e. The fourth-order valence-corrected chi connectivity index (χ4v) is 4.72. The lowest BCUT2D eigenvalue weighted by molar-refractivity contribution is 0.628. The predicted molar refractivity (Wildman–Crippen MR) is 149 cm³/mol. The molecular formula is C33H20FN3O. The Bertz CT molecular complexity index is 1910. The number of fused-ring (bicyclic) bond motifs is 3. The molecule has 180 valence electrons. The van der Waals surface area contributed by atoms with Crippen molar-refractivity contribution in [2.45, 2.75) is 0 Å².